The third kappa shape index (κ3) is 5.81. The highest BCUT2D eigenvalue weighted by Gasteiger charge is 2.51. The van der Waals surface area contributed by atoms with E-state index in [1.165, 1.54) is 0 Å². The summed E-state index contributed by atoms with van der Waals surface area (Å²) in [5.74, 6) is 0. The quantitative estimate of drug-likeness (QED) is 0.254. The van der Waals surface area contributed by atoms with E-state index in [1.807, 2.05) is 6.92 Å². The molecule has 178 valence electrons. The van der Waals surface area contributed by atoms with E-state index in [-0.39, 0.29) is 6.61 Å². The van der Waals surface area contributed by atoms with E-state index >= 15 is 0 Å². The third-order valence-corrected chi connectivity index (χ3v) is 10.1. The monoisotopic (exact) mass is 494 g/mol. The number of halogens is 2. The highest BCUT2D eigenvalue weighted by atomic mass is 32.3. The van der Waals surface area contributed by atoms with Crippen LogP contribution in [-0.2, 0) is 18.5 Å². The first kappa shape index (κ1) is 25.4. The maximum Gasteiger partial charge on any atom is 0.393 e. The molecule has 0 atom stereocenters. The molecular formula is C25H28F2O4S2. The first-order chi connectivity index (χ1) is 15.8. The van der Waals surface area contributed by atoms with Crippen LogP contribution in [0, 0.1) is 0 Å². The average Bonchev–Trinajstić information content (AvgIpc) is 2.84. The molecule has 0 aliphatic heterocycles. The molecule has 8 heteroatoms. The van der Waals surface area contributed by atoms with Gasteiger partial charge in [-0.2, -0.15) is 17.2 Å². The summed E-state index contributed by atoms with van der Waals surface area (Å²) in [7, 11) is -8.41. The Bertz CT molecular complexity index is 996. The van der Waals surface area contributed by atoms with Crippen molar-refractivity contribution in [3.05, 3.63) is 91.0 Å². The zero-order chi connectivity index (χ0) is 23.8. The Balaban J connectivity index is 2.09. The molecule has 0 amide bonds. The van der Waals surface area contributed by atoms with Gasteiger partial charge in [-0.1, -0.05) is 74.4 Å². The molecule has 3 rings (SSSR count). The lowest BCUT2D eigenvalue weighted by molar-refractivity contribution is -0.0201. The molecule has 0 fully saturated rings. The van der Waals surface area contributed by atoms with Crippen molar-refractivity contribution >= 4 is 20.4 Å². The molecule has 0 radical (unpaired) electrons. The van der Waals surface area contributed by atoms with Gasteiger partial charge in [0.05, 0.1) is 0 Å². The van der Waals surface area contributed by atoms with Gasteiger partial charge in [-0.3, -0.25) is 0 Å². The van der Waals surface area contributed by atoms with Crippen molar-refractivity contribution in [1.29, 1.82) is 0 Å². The molecule has 0 saturated heterocycles. The molecule has 33 heavy (non-hydrogen) atoms. The zero-order valence-corrected chi connectivity index (χ0v) is 20.0. The Morgan fingerprint density at radius 2 is 1.15 bits per heavy atom. The summed E-state index contributed by atoms with van der Waals surface area (Å²) in [4.78, 5) is 1.47. The number of ether oxygens (including phenoxy) is 1. The van der Waals surface area contributed by atoms with Crippen molar-refractivity contribution in [2.75, 3.05) is 13.2 Å². The van der Waals surface area contributed by atoms with Gasteiger partial charge in [-0.25, -0.2) is 3.63 Å². The van der Waals surface area contributed by atoms with E-state index < -0.39 is 32.3 Å². The van der Waals surface area contributed by atoms with E-state index in [2.05, 4.69) is 0 Å². The van der Waals surface area contributed by atoms with Gasteiger partial charge < -0.3 is 4.74 Å². The fourth-order valence-electron chi connectivity index (χ4n) is 3.26. The van der Waals surface area contributed by atoms with Gasteiger partial charge in [0.2, 0.25) is 0 Å². The fraction of sp³-hybridized carbons (Fsp3) is 0.280. The van der Waals surface area contributed by atoms with Crippen LogP contribution in [0.3, 0.4) is 0 Å². The van der Waals surface area contributed by atoms with E-state index in [4.69, 9.17) is 8.37 Å². The lowest BCUT2D eigenvalue weighted by Gasteiger charge is -2.40. The highest BCUT2D eigenvalue weighted by Crippen LogP contribution is 2.70. The molecule has 0 N–H and O–H groups in total. The summed E-state index contributed by atoms with van der Waals surface area (Å²) in [5, 5.41) is -4.21. The van der Waals surface area contributed by atoms with Gasteiger partial charge in [0.1, 0.15) is 6.61 Å². The van der Waals surface area contributed by atoms with Crippen LogP contribution in [0.2, 0.25) is 0 Å². The molecule has 0 spiro atoms. The predicted molar refractivity (Wildman–Crippen MR) is 127 cm³/mol. The zero-order valence-electron chi connectivity index (χ0n) is 18.4. The Labute approximate surface area is 196 Å². The van der Waals surface area contributed by atoms with Crippen molar-refractivity contribution in [2.24, 2.45) is 0 Å². The molecule has 0 unspecified atom stereocenters. The fourth-order valence-corrected chi connectivity index (χ4v) is 8.35. The second kappa shape index (κ2) is 11.2. The molecule has 3 aromatic rings. The van der Waals surface area contributed by atoms with Crippen molar-refractivity contribution < 1.29 is 25.6 Å². The smallest absolute Gasteiger partial charge is 0.374 e. The van der Waals surface area contributed by atoms with Gasteiger partial charge >= 0.3 is 15.4 Å². The van der Waals surface area contributed by atoms with Crippen LogP contribution >= 0.6 is 10.3 Å². The summed E-state index contributed by atoms with van der Waals surface area (Å²) < 4.78 is 66.8. The topological polar surface area (TPSA) is 52.6 Å². The standard InChI is InChI=1S/C25H28F2O4S2/c1-2-3-13-20-30-21-25(26,27)33(28,29)31-32(22-14-7-4-8-15-22,23-16-9-5-10-17-23)24-18-11-6-12-19-24/h4-12,14-19H,2-3,13,20-21H2,1H3. The Hall–Kier alpha value is -2.26. The van der Waals surface area contributed by atoms with Gasteiger partial charge in [-0.15, -0.1) is 0 Å². The number of hydrogen-bond acceptors (Lipinski definition) is 4. The molecule has 0 bridgehead atoms. The molecule has 4 nitrogen and oxygen atoms in total. The minimum absolute atomic E-state index is 0.0625. The maximum absolute atomic E-state index is 15.0. The molecule has 0 saturated carbocycles. The number of hydrogen-bond donors (Lipinski definition) is 0. The number of unbranched alkanes of at least 4 members (excludes halogenated alkanes) is 2. The third-order valence-electron chi connectivity index (χ3n) is 4.95. The lowest BCUT2D eigenvalue weighted by Crippen LogP contribution is -2.36. The van der Waals surface area contributed by atoms with E-state index in [9.17, 15) is 17.2 Å². The van der Waals surface area contributed by atoms with Gasteiger partial charge in [-0.05, 0) is 53.1 Å². The molecule has 0 aromatic heterocycles. The van der Waals surface area contributed by atoms with Crippen LogP contribution in [-0.4, -0.2) is 26.9 Å². The van der Waals surface area contributed by atoms with Crippen molar-refractivity contribution in [2.45, 2.75) is 46.1 Å². The van der Waals surface area contributed by atoms with Crippen molar-refractivity contribution in [3.8, 4) is 0 Å². The van der Waals surface area contributed by atoms with Crippen LogP contribution in [0.5, 0.6) is 0 Å². The number of alkyl halides is 2. The van der Waals surface area contributed by atoms with Crippen molar-refractivity contribution in [1.82, 2.24) is 0 Å². The van der Waals surface area contributed by atoms with Crippen molar-refractivity contribution in [3.63, 3.8) is 0 Å². The van der Waals surface area contributed by atoms with E-state index in [0.29, 0.717) is 21.1 Å². The molecule has 0 aliphatic carbocycles. The summed E-state index contributed by atoms with van der Waals surface area (Å²) in [6.07, 6.45) is 2.30. The van der Waals surface area contributed by atoms with Crippen LogP contribution < -0.4 is 0 Å². The SMILES string of the molecule is CCCCCOCC(F)(F)S(=O)(=O)OS(c1ccccc1)(c1ccccc1)c1ccccc1. The Morgan fingerprint density at radius 1 is 0.727 bits per heavy atom. The van der Waals surface area contributed by atoms with Crippen LogP contribution in [0.1, 0.15) is 26.2 Å². The van der Waals surface area contributed by atoms with E-state index in [1.54, 1.807) is 91.0 Å². The maximum atomic E-state index is 15.0. The predicted octanol–water partition coefficient (Wildman–Crippen LogP) is 7.03. The van der Waals surface area contributed by atoms with E-state index in [0.717, 1.165) is 12.8 Å². The second-order valence-corrected chi connectivity index (χ2v) is 12.0. The van der Waals surface area contributed by atoms with Gasteiger partial charge in [0.15, 0.2) is 0 Å². The minimum atomic E-state index is -5.38. The first-order valence-corrected chi connectivity index (χ1v) is 13.7. The molecular weight excluding hydrogens is 466 g/mol. The first-order valence-electron chi connectivity index (χ1n) is 10.7. The Morgan fingerprint density at radius 3 is 1.55 bits per heavy atom. The summed E-state index contributed by atoms with van der Waals surface area (Å²) in [6.45, 7) is 0.784. The number of benzene rings is 3. The highest BCUT2D eigenvalue weighted by molar-refractivity contribution is 8.33. The van der Waals surface area contributed by atoms with Crippen LogP contribution in [0.25, 0.3) is 0 Å². The van der Waals surface area contributed by atoms with Gasteiger partial charge in [0.25, 0.3) is 0 Å². The Kier molecular flexibility index (Phi) is 8.64. The summed E-state index contributed by atoms with van der Waals surface area (Å²) in [6, 6.07) is 25.9. The van der Waals surface area contributed by atoms with Crippen LogP contribution in [0.4, 0.5) is 8.78 Å². The summed E-state index contributed by atoms with van der Waals surface area (Å²) >= 11 is 0. The second-order valence-electron chi connectivity index (χ2n) is 7.41. The van der Waals surface area contributed by atoms with Crippen LogP contribution in [0.15, 0.2) is 106 Å². The normalized spacial score (nSPS) is 13.1. The minimum Gasteiger partial charge on any atom is -0.374 e. The lowest BCUT2D eigenvalue weighted by atomic mass is 10.3. The largest absolute Gasteiger partial charge is 0.393 e. The molecule has 3 aromatic carbocycles. The number of rotatable bonds is 12. The summed E-state index contributed by atoms with van der Waals surface area (Å²) in [5.41, 5.74) is 0. The average molecular weight is 495 g/mol. The van der Waals surface area contributed by atoms with Gasteiger partial charge in [0, 0.05) is 21.3 Å². The molecule has 0 heterocycles. The molecule has 0 aliphatic rings.